The molecule has 1 aliphatic heterocycles. The maximum Gasteiger partial charge on any atom is 0.269 e. The van der Waals surface area contributed by atoms with Gasteiger partial charge in [0.15, 0.2) is 0 Å². The molecule has 1 heterocycles. The number of nitrogens with one attached hydrogen (secondary N) is 1. The van der Waals surface area contributed by atoms with Gasteiger partial charge < -0.3 is 15.0 Å². The van der Waals surface area contributed by atoms with Crippen LogP contribution in [0.1, 0.15) is 49.5 Å². The molecule has 0 aromatic heterocycles. The number of carbonyl (C=O) groups excluding carboxylic acids is 3. The van der Waals surface area contributed by atoms with Crippen molar-refractivity contribution < 1.29 is 27.5 Å². The minimum atomic E-state index is -4.02. The van der Waals surface area contributed by atoms with Gasteiger partial charge in [0.2, 0.25) is 11.8 Å². The SMILES string of the molecule is CC[C@H](C)NC(=O)[C@H](C)N(Cc1cccc(OC)c1)C(=O)CCN1C(=O)c2ccccc2S1(=O)=O. The summed E-state index contributed by atoms with van der Waals surface area (Å²) >= 11 is 0. The highest BCUT2D eigenvalue weighted by Gasteiger charge is 2.41. The van der Waals surface area contributed by atoms with Crippen molar-refractivity contribution in [1.82, 2.24) is 14.5 Å². The lowest BCUT2D eigenvalue weighted by atomic mass is 10.1. The lowest BCUT2D eigenvalue weighted by Crippen LogP contribution is -2.50. The third-order valence-electron chi connectivity index (χ3n) is 6.10. The molecular weight excluding hydrogens is 470 g/mol. The molecule has 35 heavy (non-hydrogen) atoms. The Morgan fingerprint density at radius 1 is 1.11 bits per heavy atom. The Morgan fingerprint density at radius 2 is 1.83 bits per heavy atom. The molecule has 3 rings (SSSR count). The topological polar surface area (TPSA) is 113 Å². The lowest BCUT2D eigenvalue weighted by Gasteiger charge is -2.30. The van der Waals surface area contributed by atoms with E-state index >= 15 is 0 Å². The van der Waals surface area contributed by atoms with E-state index in [2.05, 4.69) is 5.32 Å². The molecule has 0 saturated carbocycles. The third kappa shape index (κ3) is 5.64. The molecule has 0 bridgehead atoms. The first kappa shape index (κ1) is 26.2. The fraction of sp³-hybridized carbons (Fsp3) is 0.400. The highest BCUT2D eigenvalue weighted by Crippen LogP contribution is 2.30. The number of rotatable bonds is 10. The number of amides is 3. The highest BCUT2D eigenvalue weighted by molar-refractivity contribution is 7.90. The zero-order valence-electron chi connectivity index (χ0n) is 20.4. The van der Waals surface area contributed by atoms with Crippen molar-refractivity contribution in [2.75, 3.05) is 13.7 Å². The Balaban J connectivity index is 1.81. The van der Waals surface area contributed by atoms with Crippen LogP contribution in [-0.2, 0) is 26.2 Å². The van der Waals surface area contributed by atoms with Crippen LogP contribution < -0.4 is 10.1 Å². The average molecular weight is 502 g/mol. The number of hydrogen-bond acceptors (Lipinski definition) is 6. The van der Waals surface area contributed by atoms with Crippen molar-refractivity contribution in [2.24, 2.45) is 0 Å². The normalized spacial score (nSPS) is 15.8. The maximum absolute atomic E-state index is 13.3. The number of fused-ring (bicyclic) bond motifs is 1. The molecule has 0 aliphatic carbocycles. The summed E-state index contributed by atoms with van der Waals surface area (Å²) in [5.41, 5.74) is 0.840. The van der Waals surface area contributed by atoms with Crippen LogP contribution >= 0.6 is 0 Å². The summed E-state index contributed by atoms with van der Waals surface area (Å²) < 4.78 is 31.7. The summed E-state index contributed by atoms with van der Waals surface area (Å²) in [5.74, 6) is -0.806. The number of ether oxygens (including phenoxy) is 1. The monoisotopic (exact) mass is 501 g/mol. The predicted octanol–water partition coefficient (Wildman–Crippen LogP) is 2.56. The molecule has 2 aromatic carbocycles. The van der Waals surface area contributed by atoms with Crippen LogP contribution in [0.2, 0.25) is 0 Å². The fourth-order valence-electron chi connectivity index (χ4n) is 3.81. The molecule has 2 atom stereocenters. The largest absolute Gasteiger partial charge is 0.497 e. The second-order valence-corrected chi connectivity index (χ2v) is 10.3. The van der Waals surface area contributed by atoms with Gasteiger partial charge in [-0.15, -0.1) is 0 Å². The molecule has 9 nitrogen and oxygen atoms in total. The molecule has 188 valence electrons. The smallest absolute Gasteiger partial charge is 0.269 e. The summed E-state index contributed by atoms with van der Waals surface area (Å²) in [6, 6.07) is 12.2. The van der Waals surface area contributed by atoms with E-state index < -0.39 is 27.9 Å². The predicted molar refractivity (Wildman–Crippen MR) is 130 cm³/mol. The zero-order chi connectivity index (χ0) is 25.8. The van der Waals surface area contributed by atoms with E-state index in [4.69, 9.17) is 4.74 Å². The van der Waals surface area contributed by atoms with E-state index in [0.717, 1.165) is 16.3 Å². The van der Waals surface area contributed by atoms with Gasteiger partial charge in [0.05, 0.1) is 12.7 Å². The van der Waals surface area contributed by atoms with Crippen LogP contribution in [0.25, 0.3) is 0 Å². The summed E-state index contributed by atoms with van der Waals surface area (Å²) in [5, 5.41) is 2.88. The van der Waals surface area contributed by atoms with Crippen molar-refractivity contribution >= 4 is 27.7 Å². The van der Waals surface area contributed by atoms with Gasteiger partial charge in [0.25, 0.3) is 15.9 Å². The fourth-order valence-corrected chi connectivity index (χ4v) is 5.38. The van der Waals surface area contributed by atoms with E-state index in [9.17, 15) is 22.8 Å². The van der Waals surface area contributed by atoms with Gasteiger partial charge in [-0.3, -0.25) is 14.4 Å². The van der Waals surface area contributed by atoms with Gasteiger partial charge in [-0.1, -0.05) is 31.2 Å². The van der Waals surface area contributed by atoms with Crippen molar-refractivity contribution in [3.63, 3.8) is 0 Å². The number of methoxy groups -OCH3 is 1. The van der Waals surface area contributed by atoms with E-state index in [1.807, 2.05) is 19.9 Å². The summed E-state index contributed by atoms with van der Waals surface area (Å²) in [7, 11) is -2.49. The van der Waals surface area contributed by atoms with Gasteiger partial charge in [-0.25, -0.2) is 12.7 Å². The van der Waals surface area contributed by atoms with Gasteiger partial charge in [-0.2, -0.15) is 0 Å². The quantitative estimate of drug-likeness (QED) is 0.535. The molecular formula is C25H31N3O6S. The van der Waals surface area contributed by atoms with Crippen LogP contribution in [0, 0.1) is 0 Å². The third-order valence-corrected chi connectivity index (χ3v) is 7.94. The van der Waals surface area contributed by atoms with E-state index in [1.54, 1.807) is 37.3 Å². The van der Waals surface area contributed by atoms with Crippen LogP contribution in [-0.4, -0.2) is 61.1 Å². The molecule has 3 amide bonds. The van der Waals surface area contributed by atoms with Crippen LogP contribution in [0.3, 0.4) is 0 Å². The summed E-state index contributed by atoms with van der Waals surface area (Å²) in [6.07, 6.45) is 0.474. The van der Waals surface area contributed by atoms with Crippen LogP contribution in [0.4, 0.5) is 0 Å². The second kappa shape index (κ2) is 10.9. The molecule has 0 radical (unpaired) electrons. The lowest BCUT2D eigenvalue weighted by molar-refractivity contribution is -0.140. The summed E-state index contributed by atoms with van der Waals surface area (Å²) in [6.45, 7) is 5.25. The second-order valence-electron chi connectivity index (χ2n) is 8.50. The molecule has 1 aliphatic rings. The Kier molecular flexibility index (Phi) is 8.16. The number of carbonyl (C=O) groups is 3. The number of hydrogen-bond donors (Lipinski definition) is 1. The van der Waals surface area contributed by atoms with E-state index in [0.29, 0.717) is 5.75 Å². The van der Waals surface area contributed by atoms with Crippen LogP contribution in [0.15, 0.2) is 53.4 Å². The Bertz CT molecular complexity index is 1210. The minimum Gasteiger partial charge on any atom is -0.497 e. The first-order valence-corrected chi connectivity index (χ1v) is 12.9. The van der Waals surface area contributed by atoms with Gasteiger partial charge >= 0.3 is 0 Å². The van der Waals surface area contributed by atoms with Crippen molar-refractivity contribution in [2.45, 2.75) is 57.1 Å². The molecule has 2 aromatic rings. The molecule has 0 unspecified atom stereocenters. The standard InChI is InChI=1S/C25H31N3O6S/c1-5-17(2)26-24(30)18(3)27(16-19-9-8-10-20(15-19)34-4)23(29)13-14-28-25(31)21-11-6-7-12-22(21)35(28,32)33/h6-12,15,17-18H,5,13-14,16H2,1-4H3,(H,26,30)/t17-,18-/m0/s1. The summed E-state index contributed by atoms with van der Waals surface area (Å²) in [4.78, 5) is 40.2. The average Bonchev–Trinajstić information content (AvgIpc) is 3.05. The van der Waals surface area contributed by atoms with Gasteiger partial charge in [0, 0.05) is 25.6 Å². The Hall–Kier alpha value is -3.40. The first-order valence-electron chi connectivity index (χ1n) is 11.5. The Labute approximate surface area is 206 Å². The maximum atomic E-state index is 13.3. The van der Waals surface area contributed by atoms with Crippen molar-refractivity contribution in [3.8, 4) is 5.75 Å². The Morgan fingerprint density at radius 3 is 2.49 bits per heavy atom. The molecule has 0 saturated heterocycles. The van der Waals surface area contributed by atoms with Gasteiger partial charge in [-0.05, 0) is 50.1 Å². The molecule has 1 N–H and O–H groups in total. The van der Waals surface area contributed by atoms with Crippen molar-refractivity contribution in [1.29, 1.82) is 0 Å². The molecule has 0 fully saturated rings. The molecule has 10 heteroatoms. The van der Waals surface area contributed by atoms with E-state index in [1.165, 1.54) is 24.1 Å². The number of benzene rings is 2. The van der Waals surface area contributed by atoms with Crippen LogP contribution in [0.5, 0.6) is 5.75 Å². The molecule has 0 spiro atoms. The minimum absolute atomic E-state index is 0.0630. The number of sulfonamides is 1. The first-order chi connectivity index (χ1) is 16.6. The number of nitrogens with zero attached hydrogens (tertiary/aromatic N) is 2. The van der Waals surface area contributed by atoms with E-state index in [-0.39, 0.29) is 41.9 Å². The zero-order valence-corrected chi connectivity index (χ0v) is 21.2. The van der Waals surface area contributed by atoms with Crippen molar-refractivity contribution in [3.05, 3.63) is 59.7 Å². The van der Waals surface area contributed by atoms with Gasteiger partial charge in [0.1, 0.15) is 16.7 Å². The highest BCUT2D eigenvalue weighted by atomic mass is 32.2.